The third-order valence-corrected chi connectivity index (χ3v) is 7.16. The predicted molar refractivity (Wildman–Crippen MR) is 126 cm³/mol. The number of hydrogen-bond acceptors (Lipinski definition) is 6. The number of halogens is 2. The van der Waals surface area contributed by atoms with Crippen molar-refractivity contribution in [3.8, 4) is 5.75 Å². The fourth-order valence-corrected chi connectivity index (χ4v) is 5.56. The number of nitrogen functional groups attached to an aromatic ring is 1. The van der Waals surface area contributed by atoms with Gasteiger partial charge in [-0.15, -0.1) is 0 Å². The Morgan fingerprint density at radius 2 is 1.97 bits per heavy atom. The first-order chi connectivity index (χ1) is 15.5. The number of aromatic nitrogens is 2. The van der Waals surface area contributed by atoms with Crippen LogP contribution >= 0.6 is 11.6 Å². The molecule has 2 aliphatic rings. The Hall–Kier alpha value is -2.64. The van der Waals surface area contributed by atoms with E-state index in [0.717, 1.165) is 35.1 Å². The van der Waals surface area contributed by atoms with Crippen molar-refractivity contribution in [2.24, 2.45) is 17.8 Å². The van der Waals surface area contributed by atoms with E-state index in [1.807, 2.05) is 12.1 Å². The number of nitrogens with two attached hydrogens (primary N) is 1. The molecule has 2 atom stereocenters. The SMILES string of the molecule is CN1CC2CCC(C1)C2CCOc1cc2ncnc(Nc3ccc(F)c(Cl)c3)c2cc1N. The van der Waals surface area contributed by atoms with Gasteiger partial charge in [0.2, 0.25) is 0 Å². The Labute approximate surface area is 191 Å². The Balaban J connectivity index is 1.30. The van der Waals surface area contributed by atoms with Crippen molar-refractivity contribution >= 4 is 39.7 Å². The van der Waals surface area contributed by atoms with E-state index in [0.29, 0.717) is 29.5 Å². The van der Waals surface area contributed by atoms with Crippen LogP contribution in [0.5, 0.6) is 5.75 Å². The first kappa shape index (κ1) is 21.2. The van der Waals surface area contributed by atoms with Gasteiger partial charge < -0.3 is 20.7 Å². The number of likely N-dealkylation sites (tertiary alicyclic amines) is 1. The van der Waals surface area contributed by atoms with Crippen molar-refractivity contribution < 1.29 is 9.13 Å². The fourth-order valence-electron chi connectivity index (χ4n) is 5.38. The van der Waals surface area contributed by atoms with Gasteiger partial charge >= 0.3 is 0 Å². The topological polar surface area (TPSA) is 76.3 Å². The highest BCUT2D eigenvalue weighted by atomic mass is 35.5. The predicted octanol–water partition coefficient (Wildman–Crippen LogP) is 5.10. The molecule has 3 N–H and O–H groups in total. The van der Waals surface area contributed by atoms with Crippen LogP contribution in [0.4, 0.5) is 21.6 Å². The molecule has 1 aromatic heterocycles. The molecule has 3 aromatic rings. The second-order valence-corrected chi connectivity index (χ2v) is 9.41. The molecule has 2 heterocycles. The summed E-state index contributed by atoms with van der Waals surface area (Å²) >= 11 is 5.89. The number of piperidine rings is 1. The Bertz CT molecular complexity index is 1130. The summed E-state index contributed by atoms with van der Waals surface area (Å²) in [4.78, 5) is 11.2. The smallest absolute Gasteiger partial charge is 0.144 e. The lowest BCUT2D eigenvalue weighted by Crippen LogP contribution is -2.39. The minimum atomic E-state index is -0.468. The van der Waals surface area contributed by atoms with Crippen LogP contribution in [0.15, 0.2) is 36.7 Å². The van der Waals surface area contributed by atoms with Gasteiger partial charge in [0, 0.05) is 30.2 Å². The number of rotatable bonds is 6. The molecule has 32 heavy (non-hydrogen) atoms. The lowest BCUT2D eigenvalue weighted by molar-refractivity contribution is 0.112. The highest BCUT2D eigenvalue weighted by molar-refractivity contribution is 6.31. The molecule has 6 nitrogen and oxygen atoms in total. The molecule has 168 valence electrons. The van der Waals surface area contributed by atoms with Crippen LogP contribution in [0.2, 0.25) is 5.02 Å². The minimum absolute atomic E-state index is 0.0432. The quantitative estimate of drug-likeness (QED) is 0.503. The van der Waals surface area contributed by atoms with Gasteiger partial charge in [0.05, 0.1) is 22.8 Å². The Kier molecular flexibility index (Phi) is 5.78. The summed E-state index contributed by atoms with van der Waals surface area (Å²) in [7, 11) is 2.23. The lowest BCUT2D eigenvalue weighted by atomic mass is 9.83. The van der Waals surface area contributed by atoms with Gasteiger partial charge in [0.1, 0.15) is 23.7 Å². The Morgan fingerprint density at radius 3 is 2.72 bits per heavy atom. The molecule has 2 unspecified atom stereocenters. The number of nitrogens with zero attached hydrogens (tertiary/aromatic N) is 3. The molecule has 2 aromatic carbocycles. The second-order valence-electron chi connectivity index (χ2n) is 9.00. The van der Waals surface area contributed by atoms with E-state index in [4.69, 9.17) is 22.1 Å². The molecule has 1 aliphatic heterocycles. The van der Waals surface area contributed by atoms with Crippen molar-refractivity contribution in [3.05, 3.63) is 47.5 Å². The third-order valence-electron chi connectivity index (χ3n) is 6.87. The van der Waals surface area contributed by atoms with E-state index in [9.17, 15) is 4.39 Å². The molecular weight excluding hydrogens is 429 g/mol. The number of ether oxygens (including phenoxy) is 1. The summed E-state index contributed by atoms with van der Waals surface area (Å²) in [6, 6.07) is 8.11. The zero-order valence-corrected chi connectivity index (χ0v) is 18.8. The highest BCUT2D eigenvalue weighted by Crippen LogP contribution is 2.43. The molecule has 1 saturated carbocycles. The number of nitrogens with one attached hydrogen (secondary N) is 1. The average Bonchev–Trinajstić information content (AvgIpc) is 3.00. The standard InChI is InChI=1S/C24H27ClFN5O/c1-31-11-14-2-3-15(12-31)17(14)6-7-32-23-10-22-18(9-21(23)27)24(29-13-28-22)30-16-4-5-20(26)19(25)8-16/h4-5,8-10,13-15,17H,2-3,6-7,11-12,27H2,1H3,(H,28,29,30). The van der Waals surface area contributed by atoms with E-state index in [1.165, 1.54) is 44.4 Å². The summed E-state index contributed by atoms with van der Waals surface area (Å²) in [6.07, 6.45) is 5.21. The maximum absolute atomic E-state index is 13.5. The summed E-state index contributed by atoms with van der Waals surface area (Å²) in [6.45, 7) is 3.05. The summed E-state index contributed by atoms with van der Waals surface area (Å²) in [5.74, 6) is 3.07. The van der Waals surface area contributed by atoms with Crippen LogP contribution in [-0.4, -0.2) is 41.6 Å². The fraction of sp³-hybridized carbons (Fsp3) is 0.417. The van der Waals surface area contributed by atoms with Crippen molar-refractivity contribution in [2.75, 3.05) is 37.8 Å². The molecule has 0 amide bonds. The van der Waals surface area contributed by atoms with Crippen molar-refractivity contribution in [1.82, 2.24) is 14.9 Å². The first-order valence-corrected chi connectivity index (χ1v) is 11.4. The van der Waals surface area contributed by atoms with Crippen molar-refractivity contribution in [2.45, 2.75) is 19.3 Å². The van der Waals surface area contributed by atoms with E-state index < -0.39 is 5.82 Å². The average molecular weight is 456 g/mol. The molecule has 8 heteroatoms. The monoisotopic (exact) mass is 455 g/mol. The van der Waals surface area contributed by atoms with Gasteiger partial charge in [0.15, 0.2) is 0 Å². The van der Waals surface area contributed by atoms with Crippen LogP contribution < -0.4 is 15.8 Å². The summed E-state index contributed by atoms with van der Waals surface area (Å²) < 4.78 is 19.6. The van der Waals surface area contributed by atoms with Crippen LogP contribution in [0.25, 0.3) is 10.9 Å². The van der Waals surface area contributed by atoms with Gasteiger partial charge in [-0.05, 0) is 68.3 Å². The third kappa shape index (κ3) is 4.19. The zero-order valence-electron chi connectivity index (χ0n) is 18.0. The molecule has 0 radical (unpaired) electrons. The summed E-state index contributed by atoms with van der Waals surface area (Å²) in [5, 5.41) is 3.96. The van der Waals surface area contributed by atoms with E-state index in [2.05, 4.69) is 27.2 Å². The Morgan fingerprint density at radius 1 is 1.19 bits per heavy atom. The van der Waals surface area contributed by atoms with Gasteiger partial charge in [-0.2, -0.15) is 0 Å². The molecule has 5 rings (SSSR count). The molecular formula is C24H27ClFN5O. The maximum Gasteiger partial charge on any atom is 0.144 e. The van der Waals surface area contributed by atoms with E-state index in [-0.39, 0.29) is 5.02 Å². The first-order valence-electron chi connectivity index (χ1n) is 11.1. The van der Waals surface area contributed by atoms with E-state index in [1.54, 1.807) is 6.07 Å². The van der Waals surface area contributed by atoms with Crippen molar-refractivity contribution in [3.63, 3.8) is 0 Å². The lowest BCUT2D eigenvalue weighted by Gasteiger charge is -2.36. The van der Waals surface area contributed by atoms with Gasteiger partial charge in [-0.1, -0.05) is 11.6 Å². The number of fused-ring (bicyclic) bond motifs is 3. The molecule has 1 saturated heterocycles. The normalized spacial score (nSPS) is 22.9. The van der Waals surface area contributed by atoms with Crippen molar-refractivity contribution in [1.29, 1.82) is 0 Å². The van der Waals surface area contributed by atoms with Gasteiger partial charge in [0.25, 0.3) is 0 Å². The number of hydrogen-bond donors (Lipinski definition) is 2. The molecule has 2 fully saturated rings. The largest absolute Gasteiger partial charge is 0.491 e. The number of anilines is 3. The highest BCUT2D eigenvalue weighted by Gasteiger charge is 2.40. The van der Waals surface area contributed by atoms with Gasteiger partial charge in [-0.25, -0.2) is 14.4 Å². The number of benzene rings is 2. The summed E-state index contributed by atoms with van der Waals surface area (Å²) in [5.41, 5.74) is 8.20. The van der Waals surface area contributed by atoms with Crippen LogP contribution in [0, 0.1) is 23.6 Å². The zero-order chi connectivity index (χ0) is 22.2. The van der Waals surface area contributed by atoms with Crippen LogP contribution in [0.1, 0.15) is 19.3 Å². The van der Waals surface area contributed by atoms with Gasteiger partial charge in [-0.3, -0.25) is 0 Å². The van der Waals surface area contributed by atoms with E-state index >= 15 is 0 Å². The maximum atomic E-state index is 13.5. The molecule has 0 spiro atoms. The van der Waals surface area contributed by atoms with Crippen LogP contribution in [0.3, 0.4) is 0 Å². The van der Waals surface area contributed by atoms with Crippen LogP contribution in [-0.2, 0) is 0 Å². The molecule has 2 bridgehead atoms. The molecule has 1 aliphatic carbocycles. The minimum Gasteiger partial charge on any atom is -0.491 e. The second kappa shape index (κ2) is 8.71.